The molecule has 118 valence electrons. The van der Waals surface area contributed by atoms with Crippen molar-refractivity contribution in [3.63, 3.8) is 0 Å². The molecule has 2 aromatic rings. The van der Waals surface area contributed by atoms with Gasteiger partial charge in [0, 0.05) is 18.7 Å². The van der Waals surface area contributed by atoms with Gasteiger partial charge in [-0.1, -0.05) is 37.2 Å². The second kappa shape index (κ2) is 7.44. The lowest BCUT2D eigenvalue weighted by atomic mass is 10.0. The first kappa shape index (κ1) is 15.8. The average Bonchev–Trinajstić information content (AvgIpc) is 2.91. The summed E-state index contributed by atoms with van der Waals surface area (Å²) in [7, 11) is 0. The van der Waals surface area contributed by atoms with Crippen molar-refractivity contribution in [3.8, 4) is 0 Å². The molecule has 0 aliphatic rings. The molecule has 2 rings (SSSR count). The Hall–Kier alpha value is -2.57. The molecule has 22 heavy (non-hydrogen) atoms. The fourth-order valence-corrected chi connectivity index (χ4v) is 2.03. The summed E-state index contributed by atoms with van der Waals surface area (Å²) in [6.45, 7) is 4.34. The van der Waals surface area contributed by atoms with Gasteiger partial charge in [0.2, 0.25) is 5.91 Å². The van der Waals surface area contributed by atoms with E-state index in [1.54, 1.807) is 0 Å². The maximum Gasteiger partial charge on any atom is 0.438 e. The van der Waals surface area contributed by atoms with Crippen molar-refractivity contribution >= 4 is 11.6 Å². The van der Waals surface area contributed by atoms with Crippen LogP contribution in [0.2, 0.25) is 0 Å². The van der Waals surface area contributed by atoms with Crippen molar-refractivity contribution in [2.45, 2.75) is 26.3 Å². The van der Waals surface area contributed by atoms with Crippen LogP contribution in [0.25, 0.3) is 0 Å². The highest BCUT2D eigenvalue weighted by Crippen LogP contribution is 2.12. The van der Waals surface area contributed by atoms with E-state index in [1.165, 1.54) is 0 Å². The van der Waals surface area contributed by atoms with E-state index in [1.807, 2.05) is 44.2 Å². The van der Waals surface area contributed by atoms with Crippen LogP contribution >= 0.6 is 0 Å². The Bertz CT molecular complexity index is 648. The molecule has 0 saturated carbocycles. The van der Waals surface area contributed by atoms with Gasteiger partial charge in [0.15, 0.2) is 5.82 Å². The van der Waals surface area contributed by atoms with Crippen LogP contribution in [-0.2, 0) is 11.2 Å². The van der Waals surface area contributed by atoms with E-state index in [4.69, 9.17) is 0 Å². The van der Waals surface area contributed by atoms with Crippen molar-refractivity contribution in [1.29, 1.82) is 0 Å². The van der Waals surface area contributed by atoms with Crippen LogP contribution in [0.1, 0.15) is 19.7 Å². The first-order chi connectivity index (χ1) is 10.6. The lowest BCUT2D eigenvalue weighted by molar-refractivity contribution is -0.122. The monoisotopic (exact) mass is 304 g/mol. The number of aromatic amines is 1. The third-order valence-electron chi connectivity index (χ3n) is 3.19. The number of carbonyl (C=O) groups is 1. The molecule has 1 aromatic carbocycles. The zero-order valence-electron chi connectivity index (χ0n) is 12.6. The van der Waals surface area contributed by atoms with Crippen molar-refractivity contribution in [2.24, 2.45) is 5.92 Å². The molecule has 0 spiro atoms. The number of nitrogens with one attached hydrogen (secondary N) is 3. The number of nitrogens with zero attached hydrogens (tertiary/aromatic N) is 1. The molecule has 7 nitrogen and oxygen atoms in total. The highest BCUT2D eigenvalue weighted by atomic mass is 16.5. The summed E-state index contributed by atoms with van der Waals surface area (Å²) in [5.74, 6) is -0.133. The molecule has 3 N–H and O–H groups in total. The van der Waals surface area contributed by atoms with E-state index >= 15 is 0 Å². The van der Waals surface area contributed by atoms with E-state index in [9.17, 15) is 9.59 Å². The number of para-hydroxylation sites is 1. The molecule has 7 heteroatoms. The van der Waals surface area contributed by atoms with Gasteiger partial charge in [-0.25, -0.2) is 4.79 Å². The predicted octanol–water partition coefficient (Wildman–Crippen LogP) is 1.16. The first-order valence-electron chi connectivity index (χ1n) is 7.20. The molecule has 0 unspecified atom stereocenters. The van der Waals surface area contributed by atoms with Gasteiger partial charge in [0.1, 0.15) is 6.04 Å². The molecule has 0 aliphatic heterocycles. The minimum absolute atomic E-state index is 0.0929. The molecular formula is C15H20N4O3. The van der Waals surface area contributed by atoms with Crippen LogP contribution in [0.4, 0.5) is 5.69 Å². The van der Waals surface area contributed by atoms with Crippen molar-refractivity contribution in [3.05, 3.63) is 46.7 Å². The lowest BCUT2D eigenvalue weighted by Crippen LogP contribution is -2.43. The van der Waals surface area contributed by atoms with Gasteiger partial charge in [-0.15, -0.1) is 0 Å². The van der Waals surface area contributed by atoms with Crippen molar-refractivity contribution < 1.29 is 9.32 Å². The molecule has 1 atom stereocenters. The standard InChI is InChI=1S/C15H20N4O3/c1-10(2)13(17-11-6-4-3-5-7-11)14(20)16-9-8-12-18-15(21)22-19-12/h3-7,10,13,17H,8-9H2,1-2H3,(H,16,20)(H,18,19,21)/t13-/m0/s1. The maximum absolute atomic E-state index is 12.3. The van der Waals surface area contributed by atoms with Gasteiger partial charge < -0.3 is 10.6 Å². The second-order valence-electron chi connectivity index (χ2n) is 5.31. The van der Waals surface area contributed by atoms with E-state index in [-0.39, 0.29) is 17.9 Å². The largest absolute Gasteiger partial charge is 0.438 e. The van der Waals surface area contributed by atoms with E-state index in [0.717, 1.165) is 5.69 Å². The van der Waals surface area contributed by atoms with Gasteiger partial charge >= 0.3 is 5.76 Å². The third kappa shape index (κ3) is 4.47. The summed E-state index contributed by atoms with van der Waals surface area (Å²) in [6, 6.07) is 9.26. The number of anilines is 1. The van der Waals surface area contributed by atoms with E-state index in [0.29, 0.717) is 18.8 Å². The van der Waals surface area contributed by atoms with Crippen molar-refractivity contribution in [1.82, 2.24) is 15.5 Å². The molecular weight excluding hydrogens is 284 g/mol. The summed E-state index contributed by atoms with van der Waals surface area (Å²) in [6.07, 6.45) is 0.410. The molecule has 0 fully saturated rings. The molecule has 1 aromatic heterocycles. The van der Waals surface area contributed by atoms with Gasteiger partial charge in [0.05, 0.1) is 0 Å². The number of hydrogen-bond acceptors (Lipinski definition) is 5. The van der Waals surface area contributed by atoms with Gasteiger partial charge in [-0.3, -0.25) is 14.3 Å². The first-order valence-corrected chi connectivity index (χ1v) is 7.20. The highest BCUT2D eigenvalue weighted by molar-refractivity contribution is 5.84. The Kier molecular flexibility index (Phi) is 5.35. The minimum Gasteiger partial charge on any atom is -0.373 e. The van der Waals surface area contributed by atoms with E-state index in [2.05, 4.69) is 25.3 Å². The van der Waals surface area contributed by atoms with Gasteiger partial charge in [-0.05, 0) is 18.1 Å². The van der Waals surface area contributed by atoms with Crippen LogP contribution < -0.4 is 16.4 Å². The predicted molar refractivity (Wildman–Crippen MR) is 82.5 cm³/mol. The summed E-state index contributed by atoms with van der Waals surface area (Å²) in [4.78, 5) is 25.5. The van der Waals surface area contributed by atoms with Gasteiger partial charge in [0.25, 0.3) is 0 Å². The fraction of sp³-hybridized carbons (Fsp3) is 0.400. The SMILES string of the molecule is CC(C)[C@H](Nc1ccccc1)C(=O)NCCc1noc(=O)[nH]1. The Morgan fingerprint density at radius 2 is 2.05 bits per heavy atom. The lowest BCUT2D eigenvalue weighted by Gasteiger charge is -2.22. The number of amides is 1. The highest BCUT2D eigenvalue weighted by Gasteiger charge is 2.21. The Balaban J connectivity index is 1.88. The number of aromatic nitrogens is 2. The zero-order valence-corrected chi connectivity index (χ0v) is 12.6. The number of rotatable bonds is 7. The summed E-state index contributed by atoms with van der Waals surface area (Å²) in [5, 5.41) is 9.61. The molecule has 1 amide bonds. The Labute approximate surface area is 128 Å². The average molecular weight is 304 g/mol. The van der Waals surface area contributed by atoms with Crippen LogP contribution in [0, 0.1) is 5.92 Å². The van der Waals surface area contributed by atoms with E-state index < -0.39 is 5.76 Å². The molecule has 0 aliphatic carbocycles. The summed E-state index contributed by atoms with van der Waals surface area (Å²) in [5.41, 5.74) is 0.900. The number of hydrogen-bond donors (Lipinski definition) is 3. The van der Waals surface area contributed by atoms with Crippen LogP contribution in [-0.4, -0.2) is 28.6 Å². The Morgan fingerprint density at radius 3 is 2.64 bits per heavy atom. The summed E-state index contributed by atoms with van der Waals surface area (Å²) < 4.78 is 4.40. The number of carbonyl (C=O) groups excluding carboxylic acids is 1. The molecule has 1 heterocycles. The number of H-pyrrole nitrogens is 1. The maximum atomic E-state index is 12.3. The Morgan fingerprint density at radius 1 is 1.32 bits per heavy atom. The normalized spacial score (nSPS) is 12.1. The summed E-state index contributed by atoms with van der Waals surface area (Å²) >= 11 is 0. The second-order valence-corrected chi connectivity index (χ2v) is 5.31. The van der Waals surface area contributed by atoms with Crippen LogP contribution in [0.3, 0.4) is 0 Å². The van der Waals surface area contributed by atoms with Gasteiger partial charge in [-0.2, -0.15) is 0 Å². The topological polar surface area (TPSA) is 100 Å². The minimum atomic E-state index is -0.591. The smallest absolute Gasteiger partial charge is 0.373 e. The van der Waals surface area contributed by atoms with Crippen LogP contribution in [0.5, 0.6) is 0 Å². The van der Waals surface area contributed by atoms with Crippen LogP contribution in [0.15, 0.2) is 39.6 Å². The molecule has 0 saturated heterocycles. The molecule has 0 bridgehead atoms. The zero-order chi connectivity index (χ0) is 15.9. The fourth-order valence-electron chi connectivity index (χ4n) is 2.03. The number of benzene rings is 1. The van der Waals surface area contributed by atoms with Crippen molar-refractivity contribution in [2.75, 3.05) is 11.9 Å². The quantitative estimate of drug-likeness (QED) is 0.712. The molecule has 0 radical (unpaired) electrons. The third-order valence-corrected chi connectivity index (χ3v) is 3.19.